The molecule has 0 aromatic heterocycles. The van der Waals surface area contributed by atoms with Gasteiger partial charge in [-0.1, -0.05) is 18.2 Å². The summed E-state index contributed by atoms with van der Waals surface area (Å²) in [6, 6.07) is 10.3. The zero-order valence-corrected chi connectivity index (χ0v) is 14.4. The first-order valence-electron chi connectivity index (χ1n) is 8.06. The van der Waals surface area contributed by atoms with Crippen LogP contribution < -0.4 is 4.90 Å². The quantitative estimate of drug-likeness (QED) is 0.849. The summed E-state index contributed by atoms with van der Waals surface area (Å²) in [5.74, 6) is 0. The van der Waals surface area contributed by atoms with Gasteiger partial charge in [0.15, 0.2) is 0 Å². The van der Waals surface area contributed by atoms with E-state index in [4.69, 9.17) is 0 Å². The van der Waals surface area contributed by atoms with Gasteiger partial charge in [-0.2, -0.15) is 4.31 Å². The second-order valence-corrected chi connectivity index (χ2v) is 8.65. The van der Waals surface area contributed by atoms with Crippen molar-refractivity contribution in [2.75, 3.05) is 57.0 Å². The number of para-hydroxylation sites is 1. The lowest BCUT2D eigenvalue weighted by Crippen LogP contribution is -2.53. The predicted octanol–water partition coefficient (Wildman–Crippen LogP) is 0.205. The molecule has 0 spiro atoms. The highest BCUT2D eigenvalue weighted by Crippen LogP contribution is 2.25. The maximum absolute atomic E-state index is 11.6. The third-order valence-electron chi connectivity index (χ3n) is 4.78. The van der Waals surface area contributed by atoms with E-state index in [0.717, 1.165) is 26.2 Å². The number of rotatable bonds is 4. The lowest BCUT2D eigenvalue weighted by molar-refractivity contribution is 0.0152. The number of sulfonamides is 1. The van der Waals surface area contributed by atoms with Crippen LogP contribution in [0.2, 0.25) is 0 Å². The molecule has 2 heterocycles. The Morgan fingerprint density at radius 1 is 1.09 bits per heavy atom. The van der Waals surface area contributed by atoms with Crippen LogP contribution in [0.5, 0.6) is 0 Å². The maximum atomic E-state index is 11.6. The minimum absolute atomic E-state index is 0.213. The standard InChI is InChI=1S/C16H25N3O3S/c1-23(21,22)19-8-7-16(20,14-19)13-17-9-11-18(12-10-17)15-5-3-2-4-6-15/h2-6,20H,7-14H2,1H3. The van der Waals surface area contributed by atoms with Crippen LogP contribution in [0.1, 0.15) is 6.42 Å². The second-order valence-electron chi connectivity index (χ2n) is 6.67. The van der Waals surface area contributed by atoms with Crippen molar-refractivity contribution in [2.45, 2.75) is 12.0 Å². The number of anilines is 1. The van der Waals surface area contributed by atoms with Gasteiger partial charge in [0.1, 0.15) is 0 Å². The van der Waals surface area contributed by atoms with E-state index >= 15 is 0 Å². The zero-order valence-electron chi connectivity index (χ0n) is 13.6. The van der Waals surface area contributed by atoms with Gasteiger partial charge in [0.25, 0.3) is 0 Å². The molecule has 0 radical (unpaired) electrons. The Hall–Kier alpha value is -1.15. The van der Waals surface area contributed by atoms with E-state index in [1.165, 1.54) is 16.2 Å². The van der Waals surface area contributed by atoms with Gasteiger partial charge in [0.2, 0.25) is 10.0 Å². The summed E-state index contributed by atoms with van der Waals surface area (Å²) in [6.45, 7) is 4.80. The van der Waals surface area contributed by atoms with E-state index in [1.54, 1.807) is 0 Å². The summed E-state index contributed by atoms with van der Waals surface area (Å²) in [5, 5.41) is 10.7. The normalized spacial score (nSPS) is 27.5. The highest BCUT2D eigenvalue weighted by Gasteiger charge is 2.41. The molecule has 2 fully saturated rings. The Labute approximate surface area is 138 Å². The lowest BCUT2D eigenvalue weighted by atomic mass is 10.0. The van der Waals surface area contributed by atoms with E-state index < -0.39 is 15.6 Å². The molecule has 7 heteroatoms. The summed E-state index contributed by atoms with van der Waals surface area (Å²) < 4.78 is 24.6. The largest absolute Gasteiger partial charge is 0.387 e. The van der Waals surface area contributed by atoms with Crippen molar-refractivity contribution in [3.63, 3.8) is 0 Å². The SMILES string of the molecule is CS(=O)(=O)N1CCC(O)(CN2CCN(c3ccccc3)CC2)C1. The molecule has 1 aromatic carbocycles. The van der Waals surface area contributed by atoms with Gasteiger partial charge in [-0.3, -0.25) is 4.90 Å². The Bertz CT molecular complexity index is 629. The van der Waals surface area contributed by atoms with E-state index in [0.29, 0.717) is 19.5 Å². The molecule has 0 bridgehead atoms. The minimum atomic E-state index is -3.21. The Morgan fingerprint density at radius 2 is 1.74 bits per heavy atom. The minimum Gasteiger partial charge on any atom is -0.387 e. The monoisotopic (exact) mass is 339 g/mol. The number of hydrogen-bond donors (Lipinski definition) is 1. The Morgan fingerprint density at radius 3 is 2.30 bits per heavy atom. The molecular formula is C16H25N3O3S. The number of aliphatic hydroxyl groups is 1. The maximum Gasteiger partial charge on any atom is 0.211 e. The highest BCUT2D eigenvalue weighted by atomic mass is 32.2. The molecule has 1 unspecified atom stereocenters. The van der Waals surface area contributed by atoms with Crippen LogP contribution in [0.4, 0.5) is 5.69 Å². The fourth-order valence-electron chi connectivity index (χ4n) is 3.45. The molecule has 2 saturated heterocycles. The highest BCUT2D eigenvalue weighted by molar-refractivity contribution is 7.88. The summed E-state index contributed by atoms with van der Waals surface area (Å²) in [5.41, 5.74) is 0.313. The number of benzene rings is 1. The molecule has 6 nitrogen and oxygen atoms in total. The van der Waals surface area contributed by atoms with Crippen molar-refractivity contribution in [3.05, 3.63) is 30.3 Å². The van der Waals surface area contributed by atoms with Crippen molar-refractivity contribution in [1.82, 2.24) is 9.21 Å². The van der Waals surface area contributed by atoms with Crippen molar-refractivity contribution < 1.29 is 13.5 Å². The molecule has 3 rings (SSSR count). The van der Waals surface area contributed by atoms with Crippen LogP contribution in [0, 0.1) is 0 Å². The molecule has 0 amide bonds. The number of hydrogen-bond acceptors (Lipinski definition) is 5. The average Bonchev–Trinajstić information content (AvgIpc) is 2.91. The topological polar surface area (TPSA) is 64.1 Å². The van der Waals surface area contributed by atoms with Crippen LogP contribution in [0.3, 0.4) is 0 Å². The van der Waals surface area contributed by atoms with Crippen LogP contribution in [-0.2, 0) is 10.0 Å². The molecular weight excluding hydrogens is 314 g/mol. The van der Waals surface area contributed by atoms with Crippen LogP contribution in [0.25, 0.3) is 0 Å². The van der Waals surface area contributed by atoms with E-state index in [-0.39, 0.29) is 6.54 Å². The molecule has 1 aromatic rings. The molecule has 23 heavy (non-hydrogen) atoms. The third-order valence-corrected chi connectivity index (χ3v) is 6.03. The van der Waals surface area contributed by atoms with E-state index in [1.807, 2.05) is 18.2 Å². The molecule has 0 aliphatic carbocycles. The molecule has 1 atom stereocenters. The Kier molecular flexibility index (Phi) is 4.64. The fourth-order valence-corrected chi connectivity index (χ4v) is 4.35. The van der Waals surface area contributed by atoms with Crippen LogP contribution in [0.15, 0.2) is 30.3 Å². The first kappa shape index (κ1) is 16.7. The molecule has 0 saturated carbocycles. The number of β-amino-alcohol motifs (C(OH)–C–C–N with tert-alkyl or cyclic N) is 1. The van der Waals surface area contributed by atoms with E-state index in [2.05, 4.69) is 21.9 Å². The number of nitrogens with zero attached hydrogens (tertiary/aromatic N) is 3. The second kappa shape index (κ2) is 6.39. The van der Waals surface area contributed by atoms with Crippen molar-refractivity contribution in [2.24, 2.45) is 0 Å². The fraction of sp³-hybridized carbons (Fsp3) is 0.625. The Balaban J connectivity index is 1.53. The summed E-state index contributed by atoms with van der Waals surface area (Å²) in [7, 11) is -3.21. The van der Waals surface area contributed by atoms with Crippen LogP contribution in [-0.4, -0.2) is 80.4 Å². The summed E-state index contributed by atoms with van der Waals surface area (Å²) in [6.07, 6.45) is 1.72. The molecule has 2 aliphatic heterocycles. The van der Waals surface area contributed by atoms with Gasteiger partial charge < -0.3 is 10.0 Å². The summed E-state index contributed by atoms with van der Waals surface area (Å²) >= 11 is 0. The van der Waals surface area contributed by atoms with Crippen molar-refractivity contribution in [3.8, 4) is 0 Å². The zero-order chi connectivity index (χ0) is 16.5. The van der Waals surface area contributed by atoms with Crippen molar-refractivity contribution in [1.29, 1.82) is 0 Å². The smallest absolute Gasteiger partial charge is 0.211 e. The lowest BCUT2D eigenvalue weighted by Gasteiger charge is -2.39. The predicted molar refractivity (Wildman–Crippen MR) is 91.1 cm³/mol. The van der Waals surface area contributed by atoms with Gasteiger partial charge in [-0.15, -0.1) is 0 Å². The third kappa shape index (κ3) is 4.03. The first-order valence-corrected chi connectivity index (χ1v) is 9.90. The molecule has 1 N–H and O–H groups in total. The average molecular weight is 339 g/mol. The van der Waals surface area contributed by atoms with Gasteiger partial charge in [0.05, 0.1) is 11.9 Å². The summed E-state index contributed by atoms with van der Waals surface area (Å²) in [4.78, 5) is 4.59. The molecule has 128 valence electrons. The first-order chi connectivity index (χ1) is 10.9. The number of piperazine rings is 1. The van der Waals surface area contributed by atoms with Gasteiger partial charge in [-0.25, -0.2) is 8.42 Å². The van der Waals surface area contributed by atoms with Crippen molar-refractivity contribution >= 4 is 15.7 Å². The van der Waals surface area contributed by atoms with E-state index in [9.17, 15) is 13.5 Å². The van der Waals surface area contributed by atoms with Crippen LogP contribution >= 0.6 is 0 Å². The van der Waals surface area contributed by atoms with Gasteiger partial charge >= 0.3 is 0 Å². The van der Waals surface area contributed by atoms with Gasteiger partial charge in [0, 0.05) is 51.5 Å². The van der Waals surface area contributed by atoms with Gasteiger partial charge in [-0.05, 0) is 18.6 Å². The molecule has 2 aliphatic rings.